The number of piperidine rings is 2. The highest BCUT2D eigenvalue weighted by atomic mass is 16.1. The van der Waals surface area contributed by atoms with Crippen molar-refractivity contribution in [3.63, 3.8) is 0 Å². The van der Waals surface area contributed by atoms with Crippen LogP contribution >= 0.6 is 0 Å². The largest absolute Gasteiger partial charge is 0.366 e. The Kier molecular flexibility index (Phi) is 5.65. The molecule has 3 fully saturated rings. The van der Waals surface area contributed by atoms with Gasteiger partial charge in [-0.15, -0.1) is 5.10 Å². The highest BCUT2D eigenvalue weighted by molar-refractivity contribution is 5.92. The molecule has 2 saturated heterocycles. The fraction of sp³-hybridized carbons (Fsp3) is 0.560. The maximum absolute atomic E-state index is 11.2. The van der Waals surface area contributed by atoms with Crippen molar-refractivity contribution in [1.29, 1.82) is 0 Å². The summed E-state index contributed by atoms with van der Waals surface area (Å²) in [5.74, 6) is 0.595. The summed E-state index contributed by atoms with van der Waals surface area (Å²) >= 11 is 0. The van der Waals surface area contributed by atoms with Crippen LogP contribution in [0.4, 0.5) is 5.82 Å². The summed E-state index contributed by atoms with van der Waals surface area (Å²) < 4.78 is 0. The van der Waals surface area contributed by atoms with Crippen molar-refractivity contribution in [2.75, 3.05) is 31.1 Å². The predicted molar refractivity (Wildman–Crippen MR) is 122 cm³/mol. The van der Waals surface area contributed by atoms with Gasteiger partial charge in [0.1, 0.15) is 0 Å². The van der Waals surface area contributed by atoms with Crippen LogP contribution in [0, 0.1) is 5.41 Å². The van der Waals surface area contributed by atoms with Crippen LogP contribution in [0.15, 0.2) is 36.4 Å². The van der Waals surface area contributed by atoms with Gasteiger partial charge in [0.15, 0.2) is 5.82 Å². The number of aromatic nitrogens is 2. The van der Waals surface area contributed by atoms with Crippen molar-refractivity contribution in [2.24, 2.45) is 11.1 Å². The van der Waals surface area contributed by atoms with E-state index in [4.69, 9.17) is 5.73 Å². The summed E-state index contributed by atoms with van der Waals surface area (Å²) in [6.07, 6.45) is 10.3. The molecule has 2 N–H and O–H groups in total. The van der Waals surface area contributed by atoms with Gasteiger partial charge in [-0.05, 0) is 86.9 Å². The third-order valence-corrected chi connectivity index (χ3v) is 7.93. The number of amides is 1. The second-order valence-electron chi connectivity index (χ2n) is 9.73. The van der Waals surface area contributed by atoms with E-state index in [1.807, 2.05) is 12.1 Å². The maximum atomic E-state index is 11.2. The molecule has 2 aliphatic heterocycles. The minimum atomic E-state index is -0.400. The van der Waals surface area contributed by atoms with Gasteiger partial charge in [0.2, 0.25) is 5.91 Å². The van der Waals surface area contributed by atoms with Crippen molar-refractivity contribution in [2.45, 2.75) is 57.4 Å². The van der Waals surface area contributed by atoms with Crippen LogP contribution in [-0.4, -0.2) is 53.2 Å². The number of rotatable bonds is 5. The lowest BCUT2D eigenvalue weighted by molar-refractivity contribution is 0.0305. The van der Waals surface area contributed by atoms with E-state index in [9.17, 15) is 4.79 Å². The molecular weight excluding hydrogens is 386 g/mol. The van der Waals surface area contributed by atoms with Gasteiger partial charge >= 0.3 is 0 Å². The third-order valence-electron chi connectivity index (χ3n) is 7.93. The van der Waals surface area contributed by atoms with Gasteiger partial charge in [0, 0.05) is 31.1 Å². The fourth-order valence-corrected chi connectivity index (χ4v) is 5.44. The van der Waals surface area contributed by atoms with E-state index < -0.39 is 5.91 Å². The van der Waals surface area contributed by atoms with Gasteiger partial charge in [0.25, 0.3) is 0 Å². The topological polar surface area (TPSA) is 75.4 Å². The lowest BCUT2D eigenvalue weighted by Crippen LogP contribution is -2.51. The number of hydrogen-bond acceptors (Lipinski definition) is 5. The van der Waals surface area contributed by atoms with Gasteiger partial charge in [-0.2, -0.15) is 5.10 Å². The minimum absolute atomic E-state index is 0.400. The molecule has 3 aliphatic rings. The van der Waals surface area contributed by atoms with Crippen LogP contribution in [0.2, 0.25) is 0 Å². The molecule has 2 aromatic rings. The first kappa shape index (κ1) is 20.4. The highest BCUT2D eigenvalue weighted by Crippen LogP contribution is 2.43. The first-order valence-electron chi connectivity index (χ1n) is 11.8. The molecule has 1 amide bonds. The van der Waals surface area contributed by atoms with Gasteiger partial charge in [0.05, 0.1) is 5.69 Å². The van der Waals surface area contributed by atoms with E-state index in [0.717, 1.165) is 36.2 Å². The molecule has 0 radical (unpaired) electrons. The molecule has 1 spiro atoms. The zero-order valence-corrected chi connectivity index (χ0v) is 18.3. The van der Waals surface area contributed by atoms with Crippen molar-refractivity contribution < 1.29 is 4.79 Å². The highest BCUT2D eigenvalue weighted by Gasteiger charge is 2.39. The van der Waals surface area contributed by atoms with Crippen LogP contribution in [0.1, 0.15) is 66.6 Å². The van der Waals surface area contributed by atoms with Crippen molar-refractivity contribution in [3.05, 3.63) is 53.2 Å². The molecule has 0 atom stereocenters. The van der Waals surface area contributed by atoms with E-state index in [2.05, 4.69) is 32.1 Å². The number of nitrogens with two attached hydrogens (primary N) is 1. The number of anilines is 1. The number of benzene rings is 1. The first-order valence-corrected chi connectivity index (χ1v) is 11.8. The molecule has 1 aromatic heterocycles. The summed E-state index contributed by atoms with van der Waals surface area (Å²) in [4.78, 5) is 16.4. The molecule has 31 heavy (non-hydrogen) atoms. The Morgan fingerprint density at radius 3 is 2.16 bits per heavy atom. The Bertz CT molecular complexity index is 889. The van der Waals surface area contributed by atoms with Gasteiger partial charge in [-0.1, -0.05) is 18.6 Å². The summed E-state index contributed by atoms with van der Waals surface area (Å²) in [5, 5.41) is 8.99. The second kappa shape index (κ2) is 8.58. The first-order chi connectivity index (χ1) is 15.1. The molecule has 1 aliphatic carbocycles. The van der Waals surface area contributed by atoms with E-state index in [1.54, 1.807) is 12.1 Å². The SMILES string of the molecule is NC(=O)c1ccc(Cc2ccc(N3CCC4(CC3)CCN(C3CCC3)CC4)nn2)cc1. The average molecular weight is 420 g/mol. The summed E-state index contributed by atoms with van der Waals surface area (Å²) in [7, 11) is 0. The molecular formula is C25H33N5O. The van der Waals surface area contributed by atoms with Gasteiger partial charge in [-0.25, -0.2) is 0 Å². The minimum Gasteiger partial charge on any atom is -0.366 e. The molecule has 3 heterocycles. The Hall–Kier alpha value is -2.47. The predicted octanol–water partition coefficient (Wildman–Crippen LogP) is 3.40. The second-order valence-corrected chi connectivity index (χ2v) is 9.73. The Balaban J connectivity index is 1.13. The van der Waals surface area contributed by atoms with Crippen LogP contribution in [-0.2, 0) is 6.42 Å². The summed E-state index contributed by atoms with van der Waals surface area (Å²) in [5.41, 5.74) is 8.43. The molecule has 1 saturated carbocycles. The maximum Gasteiger partial charge on any atom is 0.248 e. The lowest BCUT2D eigenvalue weighted by Gasteiger charge is -2.50. The fourth-order valence-electron chi connectivity index (χ4n) is 5.44. The van der Waals surface area contributed by atoms with Gasteiger partial charge < -0.3 is 15.5 Å². The smallest absolute Gasteiger partial charge is 0.248 e. The summed E-state index contributed by atoms with van der Waals surface area (Å²) in [6.45, 7) is 4.79. The molecule has 6 heteroatoms. The van der Waals surface area contributed by atoms with E-state index >= 15 is 0 Å². The van der Waals surface area contributed by atoms with Crippen LogP contribution in [0.5, 0.6) is 0 Å². The van der Waals surface area contributed by atoms with Crippen LogP contribution in [0.3, 0.4) is 0 Å². The van der Waals surface area contributed by atoms with Crippen LogP contribution in [0.25, 0.3) is 0 Å². The number of primary amides is 1. The van der Waals surface area contributed by atoms with E-state index in [0.29, 0.717) is 17.4 Å². The number of carbonyl (C=O) groups excluding carboxylic acids is 1. The Labute approximate surface area is 184 Å². The van der Waals surface area contributed by atoms with Gasteiger partial charge in [-0.3, -0.25) is 4.79 Å². The average Bonchev–Trinajstić information content (AvgIpc) is 2.76. The molecule has 6 nitrogen and oxygen atoms in total. The van der Waals surface area contributed by atoms with E-state index in [1.165, 1.54) is 58.0 Å². The monoisotopic (exact) mass is 419 g/mol. The van der Waals surface area contributed by atoms with Crippen molar-refractivity contribution >= 4 is 11.7 Å². The van der Waals surface area contributed by atoms with E-state index in [-0.39, 0.29) is 0 Å². The number of carbonyl (C=O) groups is 1. The molecule has 1 aromatic carbocycles. The summed E-state index contributed by atoms with van der Waals surface area (Å²) in [6, 6.07) is 12.5. The molecule has 5 rings (SSSR count). The Morgan fingerprint density at radius 1 is 0.935 bits per heavy atom. The quantitative estimate of drug-likeness (QED) is 0.804. The number of nitrogens with zero attached hydrogens (tertiary/aromatic N) is 4. The Morgan fingerprint density at radius 2 is 1.61 bits per heavy atom. The van der Waals surface area contributed by atoms with Crippen LogP contribution < -0.4 is 10.6 Å². The number of likely N-dealkylation sites (tertiary alicyclic amines) is 1. The molecule has 164 valence electrons. The van der Waals surface area contributed by atoms with Crippen molar-refractivity contribution in [3.8, 4) is 0 Å². The zero-order chi connectivity index (χ0) is 21.3. The standard InChI is InChI=1S/C25H33N5O/c26-24(31)20-6-4-19(5-7-20)18-21-8-9-23(28-27-21)30-16-12-25(13-17-30)10-14-29(15-11-25)22-2-1-3-22/h4-9,22H,1-3,10-18H2,(H2,26,31). The molecule has 0 bridgehead atoms. The molecule has 0 unspecified atom stereocenters. The lowest BCUT2D eigenvalue weighted by atomic mass is 9.70. The zero-order valence-electron chi connectivity index (χ0n) is 18.3. The normalized spacial score (nSPS) is 21.7. The van der Waals surface area contributed by atoms with Crippen molar-refractivity contribution in [1.82, 2.24) is 15.1 Å². The number of hydrogen-bond donors (Lipinski definition) is 1. The third kappa shape index (κ3) is 4.45.